The van der Waals surface area contributed by atoms with E-state index in [1.165, 1.54) is 88.9 Å². The maximum atomic E-state index is 7.09. The summed E-state index contributed by atoms with van der Waals surface area (Å²) >= 11 is 7.09. The zero-order chi connectivity index (χ0) is 15.3. The molecule has 0 aliphatic heterocycles. The third-order valence-electron chi connectivity index (χ3n) is 5.44. The van der Waals surface area contributed by atoms with Crippen molar-refractivity contribution in [1.29, 1.82) is 0 Å². The molecule has 0 aromatic carbocycles. The molecule has 124 valence electrons. The van der Waals surface area contributed by atoms with Crippen LogP contribution in [0.3, 0.4) is 0 Å². The van der Waals surface area contributed by atoms with Gasteiger partial charge in [-0.1, -0.05) is 0 Å². The van der Waals surface area contributed by atoms with E-state index in [9.17, 15) is 0 Å². The Labute approximate surface area is 134 Å². The average Bonchev–Trinajstić information content (AvgIpc) is 2.49. The second-order valence-corrected chi connectivity index (χ2v) is 15.5. The van der Waals surface area contributed by atoms with Crippen LogP contribution in [0.5, 0.6) is 0 Å². The first-order chi connectivity index (χ1) is 9.54. The fourth-order valence-corrected chi connectivity index (χ4v) is 6.80. The Kier molecular flexibility index (Phi) is 11.7. The van der Waals surface area contributed by atoms with Crippen molar-refractivity contribution in [2.75, 3.05) is 24.6 Å². The molecule has 0 N–H and O–H groups in total. The van der Waals surface area contributed by atoms with E-state index in [-0.39, 0.29) is 0 Å². The van der Waals surface area contributed by atoms with Crippen molar-refractivity contribution in [2.45, 2.75) is 91.9 Å². The fourth-order valence-electron chi connectivity index (χ4n) is 3.14. The molecule has 20 heavy (non-hydrogen) atoms. The minimum absolute atomic E-state index is 1.23. The van der Waals surface area contributed by atoms with E-state index in [0.29, 0.717) is 0 Å². The SMILES string of the molecule is CCCCCCCCCCCCP(Cl)(CC)(CC)CC. The van der Waals surface area contributed by atoms with E-state index in [1.54, 1.807) is 0 Å². The fraction of sp³-hybridized carbons (Fsp3) is 1.00. The van der Waals surface area contributed by atoms with Gasteiger partial charge >= 0.3 is 134 Å². The van der Waals surface area contributed by atoms with Crippen molar-refractivity contribution in [3.05, 3.63) is 0 Å². The van der Waals surface area contributed by atoms with Crippen LogP contribution in [0.2, 0.25) is 0 Å². The molecule has 0 atom stereocenters. The molecule has 2 heteroatoms. The quantitative estimate of drug-likeness (QED) is 0.227. The van der Waals surface area contributed by atoms with Crippen LogP contribution in [0.4, 0.5) is 0 Å². The molecule has 0 rings (SSSR count). The van der Waals surface area contributed by atoms with E-state index < -0.39 is 5.96 Å². The molecule has 0 aliphatic carbocycles. The Morgan fingerprint density at radius 3 is 1.25 bits per heavy atom. The molecule has 0 bridgehead atoms. The standard InChI is InChI=1S/C18H40ClP/c1-5-9-10-11-12-13-14-15-16-17-18-20(19,6-2,7-3)8-4/h5-18H2,1-4H3. The summed E-state index contributed by atoms with van der Waals surface area (Å²) in [5, 5.41) is 0. The van der Waals surface area contributed by atoms with E-state index in [0.717, 1.165) is 0 Å². The van der Waals surface area contributed by atoms with E-state index in [2.05, 4.69) is 27.7 Å². The molecule has 0 heterocycles. The van der Waals surface area contributed by atoms with Gasteiger partial charge in [-0.2, -0.15) is 0 Å². The van der Waals surface area contributed by atoms with E-state index in [4.69, 9.17) is 11.2 Å². The Bertz CT molecular complexity index is 212. The topological polar surface area (TPSA) is 0 Å². The summed E-state index contributed by atoms with van der Waals surface area (Å²) in [6.07, 6.45) is 19.2. The summed E-state index contributed by atoms with van der Waals surface area (Å²) in [4.78, 5) is 0. The van der Waals surface area contributed by atoms with Gasteiger partial charge in [-0.15, -0.1) is 0 Å². The summed E-state index contributed by atoms with van der Waals surface area (Å²) < 4.78 is 0. The van der Waals surface area contributed by atoms with Gasteiger partial charge in [0.25, 0.3) is 0 Å². The van der Waals surface area contributed by atoms with Gasteiger partial charge in [0, 0.05) is 0 Å². The molecular formula is C18H40ClP. The monoisotopic (exact) mass is 322 g/mol. The van der Waals surface area contributed by atoms with Crippen LogP contribution in [0, 0.1) is 0 Å². The first kappa shape index (κ1) is 20.7. The molecule has 0 nitrogen and oxygen atoms in total. The van der Waals surface area contributed by atoms with Crippen molar-refractivity contribution in [3.63, 3.8) is 0 Å². The van der Waals surface area contributed by atoms with Crippen LogP contribution >= 0.6 is 17.2 Å². The van der Waals surface area contributed by atoms with Crippen LogP contribution in [0.25, 0.3) is 0 Å². The van der Waals surface area contributed by atoms with Crippen LogP contribution in [0.15, 0.2) is 0 Å². The normalized spacial score (nSPS) is 14.2. The molecule has 0 amide bonds. The van der Waals surface area contributed by atoms with Crippen molar-refractivity contribution >= 4 is 17.2 Å². The molecule has 0 aromatic heterocycles. The first-order valence-corrected chi connectivity index (χ1v) is 13.1. The van der Waals surface area contributed by atoms with Gasteiger partial charge in [-0.3, -0.25) is 0 Å². The molecule has 0 spiro atoms. The van der Waals surface area contributed by atoms with Crippen molar-refractivity contribution < 1.29 is 0 Å². The third kappa shape index (κ3) is 8.23. The van der Waals surface area contributed by atoms with Crippen molar-refractivity contribution in [2.24, 2.45) is 0 Å². The Morgan fingerprint density at radius 2 is 0.900 bits per heavy atom. The molecular weight excluding hydrogens is 283 g/mol. The second-order valence-electron chi connectivity index (χ2n) is 6.67. The summed E-state index contributed by atoms with van der Waals surface area (Å²) in [6, 6.07) is 0. The molecule has 0 aliphatic rings. The number of rotatable bonds is 14. The zero-order valence-electron chi connectivity index (χ0n) is 14.7. The van der Waals surface area contributed by atoms with Gasteiger partial charge < -0.3 is 0 Å². The summed E-state index contributed by atoms with van der Waals surface area (Å²) in [5.74, 6) is -1.81. The van der Waals surface area contributed by atoms with Crippen LogP contribution in [-0.2, 0) is 0 Å². The summed E-state index contributed by atoms with van der Waals surface area (Å²) in [5.41, 5.74) is 0. The van der Waals surface area contributed by atoms with Crippen molar-refractivity contribution in [3.8, 4) is 0 Å². The number of hydrogen-bond donors (Lipinski definition) is 0. The van der Waals surface area contributed by atoms with Gasteiger partial charge in [0.15, 0.2) is 0 Å². The Balaban J connectivity index is 3.56. The third-order valence-corrected chi connectivity index (χ3v) is 14.3. The van der Waals surface area contributed by atoms with Gasteiger partial charge in [0.05, 0.1) is 0 Å². The minimum atomic E-state index is -1.81. The molecule has 0 saturated carbocycles. The Morgan fingerprint density at radius 1 is 0.550 bits per heavy atom. The molecule has 0 saturated heterocycles. The predicted molar refractivity (Wildman–Crippen MR) is 101 cm³/mol. The van der Waals surface area contributed by atoms with Crippen LogP contribution < -0.4 is 0 Å². The molecule has 0 aromatic rings. The summed E-state index contributed by atoms with van der Waals surface area (Å²) in [7, 11) is 0. The maximum absolute atomic E-state index is 7.09. The number of hydrogen-bond acceptors (Lipinski definition) is 0. The number of unbranched alkanes of at least 4 members (excludes halogenated alkanes) is 9. The Hall–Kier alpha value is 0.720. The predicted octanol–water partition coefficient (Wildman–Crippen LogP) is 7.67. The van der Waals surface area contributed by atoms with Gasteiger partial charge in [-0.25, -0.2) is 0 Å². The summed E-state index contributed by atoms with van der Waals surface area (Å²) in [6.45, 7) is 9.23. The zero-order valence-corrected chi connectivity index (χ0v) is 16.4. The molecule has 0 unspecified atom stereocenters. The van der Waals surface area contributed by atoms with Gasteiger partial charge in [-0.05, 0) is 0 Å². The first-order valence-electron chi connectivity index (χ1n) is 9.26. The van der Waals surface area contributed by atoms with Crippen LogP contribution in [0.1, 0.15) is 91.9 Å². The molecule has 0 radical (unpaired) electrons. The molecule has 0 fully saturated rings. The van der Waals surface area contributed by atoms with Gasteiger partial charge in [0.2, 0.25) is 0 Å². The second kappa shape index (κ2) is 11.3. The van der Waals surface area contributed by atoms with E-state index in [1.807, 2.05) is 0 Å². The van der Waals surface area contributed by atoms with Crippen molar-refractivity contribution in [1.82, 2.24) is 0 Å². The van der Waals surface area contributed by atoms with Gasteiger partial charge in [0.1, 0.15) is 0 Å². The van der Waals surface area contributed by atoms with E-state index >= 15 is 0 Å². The van der Waals surface area contributed by atoms with Crippen LogP contribution in [-0.4, -0.2) is 24.6 Å². The number of halogens is 1. The average molecular weight is 323 g/mol.